The van der Waals surface area contributed by atoms with Gasteiger partial charge in [-0.25, -0.2) is 0 Å². The van der Waals surface area contributed by atoms with Gasteiger partial charge < -0.3 is 19.7 Å². The second-order valence-corrected chi connectivity index (χ2v) is 13.7. The van der Waals surface area contributed by atoms with E-state index in [2.05, 4.69) is 38.7 Å². The number of piperidine rings is 1. The number of anilines is 1. The topological polar surface area (TPSA) is 129 Å². The molecule has 2 atom stereocenters. The van der Waals surface area contributed by atoms with E-state index >= 15 is 0 Å². The summed E-state index contributed by atoms with van der Waals surface area (Å²) in [5, 5.41) is 24.5. The molecule has 1 aromatic heterocycles. The largest absolute Gasteiger partial charge is 0.490 e. The van der Waals surface area contributed by atoms with E-state index in [-0.39, 0.29) is 41.6 Å². The van der Waals surface area contributed by atoms with E-state index < -0.39 is 0 Å². The molecule has 46 heavy (non-hydrogen) atoms. The highest BCUT2D eigenvalue weighted by Crippen LogP contribution is 2.42. The van der Waals surface area contributed by atoms with Crippen molar-refractivity contribution >= 4 is 29.3 Å². The van der Waals surface area contributed by atoms with Gasteiger partial charge in [0, 0.05) is 37.2 Å². The van der Waals surface area contributed by atoms with Crippen LogP contribution in [0.1, 0.15) is 107 Å². The molecule has 1 aromatic carbocycles. The van der Waals surface area contributed by atoms with Gasteiger partial charge in [0.1, 0.15) is 11.8 Å². The van der Waals surface area contributed by atoms with E-state index in [1.165, 1.54) is 25.7 Å². The third-order valence-electron chi connectivity index (χ3n) is 9.91. The summed E-state index contributed by atoms with van der Waals surface area (Å²) in [6.07, 6.45) is 11.7. The van der Waals surface area contributed by atoms with Crippen LogP contribution in [0.25, 0.3) is 0 Å². The molecule has 2 aromatic rings. The van der Waals surface area contributed by atoms with Crippen molar-refractivity contribution in [2.75, 3.05) is 24.5 Å². The molecule has 2 N–H and O–H groups in total. The number of ether oxygens (including phenoxy) is 2. The summed E-state index contributed by atoms with van der Waals surface area (Å²) in [6.45, 7) is 6.63. The lowest BCUT2D eigenvalue weighted by Gasteiger charge is -2.53. The Balaban J connectivity index is 1.02. The van der Waals surface area contributed by atoms with Crippen molar-refractivity contribution in [2.45, 2.75) is 109 Å². The van der Waals surface area contributed by atoms with E-state index in [1.807, 2.05) is 13.0 Å². The monoisotopic (exact) mass is 650 g/mol. The van der Waals surface area contributed by atoms with E-state index in [9.17, 15) is 9.59 Å². The lowest BCUT2D eigenvalue weighted by atomic mass is 9.71. The Morgan fingerprint density at radius 1 is 1.11 bits per heavy atom. The first-order valence-corrected chi connectivity index (χ1v) is 17.4. The molecule has 0 radical (unpaired) electrons. The average Bonchev–Trinajstić information content (AvgIpc) is 3.07. The third kappa shape index (κ3) is 8.48. The first-order valence-electron chi connectivity index (χ1n) is 17.0. The number of halogens is 1. The Kier molecular flexibility index (Phi) is 11.7. The van der Waals surface area contributed by atoms with Gasteiger partial charge in [0.25, 0.3) is 5.91 Å². The highest BCUT2D eigenvalue weighted by Gasteiger charge is 2.51. The lowest BCUT2D eigenvalue weighted by molar-refractivity contribution is -0.179. The quantitative estimate of drug-likeness (QED) is 0.193. The van der Waals surface area contributed by atoms with Crippen LogP contribution in [0.4, 0.5) is 5.82 Å². The van der Waals surface area contributed by atoms with E-state index in [0.29, 0.717) is 22.0 Å². The van der Waals surface area contributed by atoms with Gasteiger partial charge >= 0.3 is 5.97 Å². The molecule has 248 valence electrons. The molecule has 1 amide bonds. The van der Waals surface area contributed by atoms with E-state index in [0.717, 1.165) is 76.8 Å². The predicted octanol–water partition coefficient (Wildman–Crippen LogP) is 6.18. The minimum atomic E-state index is -0.224. The van der Waals surface area contributed by atoms with Crippen molar-refractivity contribution in [2.24, 2.45) is 11.3 Å². The zero-order chi connectivity index (χ0) is 32.5. The molecule has 2 aliphatic heterocycles. The van der Waals surface area contributed by atoms with Crippen LogP contribution in [0.15, 0.2) is 30.3 Å². The standard InChI is InChI=1S/C35H47ClN6O4/c1-3-4-5-6-7-8-24(2)33(44)46-34-35(23-38-34)17-19-42(20-18-35)31-16-15-30(40-41-31)32(43)39-26-10-13-27(14-11-26)45-28-12-9-25(22-37)29(36)21-28/h9,12,15-16,21,24,26-27,34,38H,3-8,10-11,13-14,17-20,23H2,1-2H3,(H,39,43). The maximum Gasteiger partial charge on any atom is 0.310 e. The van der Waals surface area contributed by atoms with Crippen molar-refractivity contribution in [1.82, 2.24) is 20.8 Å². The smallest absolute Gasteiger partial charge is 0.310 e. The van der Waals surface area contributed by atoms with Gasteiger partial charge in [0.2, 0.25) is 0 Å². The van der Waals surface area contributed by atoms with Crippen LogP contribution in [0.5, 0.6) is 5.75 Å². The van der Waals surface area contributed by atoms with Crippen LogP contribution in [0, 0.1) is 22.7 Å². The van der Waals surface area contributed by atoms with Crippen LogP contribution in [0.3, 0.4) is 0 Å². The van der Waals surface area contributed by atoms with Gasteiger partial charge in [-0.2, -0.15) is 5.26 Å². The second-order valence-electron chi connectivity index (χ2n) is 13.2. The maximum atomic E-state index is 12.9. The number of benzene rings is 1. The van der Waals surface area contributed by atoms with Crippen molar-refractivity contribution in [3.8, 4) is 11.8 Å². The molecule has 1 aliphatic carbocycles. The average molecular weight is 651 g/mol. The van der Waals surface area contributed by atoms with Gasteiger partial charge in [-0.3, -0.25) is 14.9 Å². The summed E-state index contributed by atoms with van der Waals surface area (Å²) in [5.74, 6) is 1.02. The Labute approximate surface area is 277 Å². The van der Waals surface area contributed by atoms with Crippen molar-refractivity contribution in [1.29, 1.82) is 5.26 Å². The Morgan fingerprint density at radius 3 is 2.50 bits per heavy atom. The molecule has 2 saturated heterocycles. The number of carbonyl (C=O) groups excluding carboxylic acids is 2. The highest BCUT2D eigenvalue weighted by molar-refractivity contribution is 6.31. The van der Waals surface area contributed by atoms with Gasteiger partial charge in [-0.05, 0) is 69.2 Å². The fraction of sp³-hybridized carbons (Fsp3) is 0.629. The van der Waals surface area contributed by atoms with E-state index in [1.54, 1.807) is 24.3 Å². The number of aromatic nitrogens is 2. The SMILES string of the molecule is CCCCCCCC(C)C(=O)OC1NCC12CCN(c1ccc(C(=O)NC3CCC(Oc4ccc(C#N)c(Cl)c4)CC3)nn1)CC2. The molecule has 1 spiro atoms. The maximum absolute atomic E-state index is 12.9. The van der Waals surface area contributed by atoms with Gasteiger partial charge in [0.15, 0.2) is 17.7 Å². The molecule has 3 aliphatic rings. The van der Waals surface area contributed by atoms with Crippen molar-refractivity contribution in [3.05, 3.63) is 46.6 Å². The summed E-state index contributed by atoms with van der Waals surface area (Å²) in [6, 6.07) is 10.8. The number of carbonyl (C=O) groups is 2. The summed E-state index contributed by atoms with van der Waals surface area (Å²) in [5.41, 5.74) is 0.699. The van der Waals surface area contributed by atoms with E-state index in [4.69, 9.17) is 26.3 Å². The number of amides is 1. The number of unbranched alkanes of at least 4 members (excludes halogenated alkanes) is 4. The van der Waals surface area contributed by atoms with Gasteiger partial charge in [0.05, 0.1) is 22.6 Å². The highest BCUT2D eigenvalue weighted by atomic mass is 35.5. The fourth-order valence-corrected chi connectivity index (χ4v) is 6.93. The first-order chi connectivity index (χ1) is 22.3. The van der Waals surface area contributed by atoms with Crippen LogP contribution < -0.4 is 20.3 Å². The zero-order valence-corrected chi connectivity index (χ0v) is 27.9. The number of esters is 1. The Morgan fingerprint density at radius 2 is 1.87 bits per heavy atom. The molecular formula is C35H47ClN6O4. The minimum absolute atomic E-state index is 0.0284. The summed E-state index contributed by atoms with van der Waals surface area (Å²) in [4.78, 5) is 27.9. The number of nitrogens with one attached hydrogen (secondary N) is 2. The summed E-state index contributed by atoms with van der Waals surface area (Å²) >= 11 is 6.13. The predicted molar refractivity (Wildman–Crippen MR) is 177 cm³/mol. The molecule has 0 bridgehead atoms. The number of nitrogens with zero attached hydrogens (tertiary/aromatic N) is 4. The van der Waals surface area contributed by atoms with Crippen LogP contribution in [0.2, 0.25) is 5.02 Å². The molecule has 5 rings (SSSR count). The third-order valence-corrected chi connectivity index (χ3v) is 10.2. The summed E-state index contributed by atoms with van der Waals surface area (Å²) in [7, 11) is 0. The van der Waals surface area contributed by atoms with Crippen molar-refractivity contribution < 1.29 is 19.1 Å². The number of nitriles is 1. The Bertz CT molecular complexity index is 1370. The molecule has 3 heterocycles. The Hall–Kier alpha value is -3.42. The van der Waals surface area contributed by atoms with Gasteiger partial charge in [-0.1, -0.05) is 57.6 Å². The van der Waals surface area contributed by atoms with Gasteiger partial charge in [-0.15, -0.1) is 10.2 Å². The lowest BCUT2D eigenvalue weighted by Crippen LogP contribution is -2.67. The normalized spacial score (nSPS) is 22.7. The molecule has 10 nitrogen and oxygen atoms in total. The first kappa shape index (κ1) is 33.9. The molecule has 11 heteroatoms. The number of hydrogen-bond acceptors (Lipinski definition) is 9. The zero-order valence-electron chi connectivity index (χ0n) is 27.1. The molecule has 2 unspecified atom stereocenters. The number of hydrogen-bond donors (Lipinski definition) is 2. The second kappa shape index (κ2) is 15.9. The fourth-order valence-electron chi connectivity index (χ4n) is 6.72. The number of rotatable bonds is 13. The van der Waals surface area contributed by atoms with Crippen molar-refractivity contribution in [3.63, 3.8) is 0 Å². The van der Waals surface area contributed by atoms with Crippen LogP contribution >= 0.6 is 11.6 Å². The van der Waals surface area contributed by atoms with Crippen LogP contribution in [-0.4, -0.2) is 60.1 Å². The summed E-state index contributed by atoms with van der Waals surface area (Å²) < 4.78 is 12.0. The minimum Gasteiger partial charge on any atom is -0.490 e. The molecular weight excluding hydrogens is 604 g/mol. The molecule has 3 fully saturated rings. The molecule has 1 saturated carbocycles. The van der Waals surface area contributed by atoms with Crippen LogP contribution in [-0.2, 0) is 9.53 Å².